The van der Waals surface area contributed by atoms with Gasteiger partial charge >= 0.3 is 5.97 Å². The van der Waals surface area contributed by atoms with Crippen LogP contribution < -0.4 is 0 Å². The van der Waals surface area contributed by atoms with E-state index in [1.165, 1.54) is 0 Å². The van der Waals surface area contributed by atoms with E-state index in [9.17, 15) is 40.2 Å². The SMILES string of the molecule is C[C@@H]1CC[C@]2(C(=O)O[C@@H]3O[C@H](CO)[C@@H](O)[C@H](O)[C@H]3O)CC[C@]3(C)C(=CC[C@@H]4[C@@]5(C)C[C@H](O)C(=O)C(C)(C)[C@@H]5CC[C@]43C)[C@@H]2[C@]1(C)O. The van der Waals surface area contributed by atoms with Gasteiger partial charge in [0, 0.05) is 11.3 Å². The van der Waals surface area contributed by atoms with E-state index in [1.807, 2.05) is 27.7 Å². The first-order valence-corrected chi connectivity index (χ1v) is 17.4. The summed E-state index contributed by atoms with van der Waals surface area (Å²) in [5.41, 5.74) is -2.79. The van der Waals surface area contributed by atoms with Gasteiger partial charge in [0.25, 0.3) is 0 Å². The largest absolute Gasteiger partial charge is 0.432 e. The third-order valence-electron chi connectivity index (χ3n) is 15.2. The zero-order chi connectivity index (χ0) is 34.0. The Kier molecular flexibility index (Phi) is 8.09. The molecule has 6 rings (SSSR count). The lowest BCUT2D eigenvalue weighted by atomic mass is 9.33. The van der Waals surface area contributed by atoms with Crippen LogP contribution in [0.1, 0.15) is 99.8 Å². The second-order valence-corrected chi connectivity index (χ2v) is 17.5. The third-order valence-corrected chi connectivity index (χ3v) is 15.2. The molecule has 10 heteroatoms. The molecule has 0 aromatic carbocycles. The Morgan fingerprint density at radius 3 is 2.26 bits per heavy atom. The summed E-state index contributed by atoms with van der Waals surface area (Å²) in [5.74, 6) is -1.03. The number of carbonyl (C=O) groups excluding carboxylic acids is 2. The van der Waals surface area contributed by atoms with Crippen molar-refractivity contribution in [2.75, 3.05) is 6.61 Å². The van der Waals surface area contributed by atoms with Gasteiger partial charge in [0.1, 0.15) is 30.5 Å². The number of aliphatic hydroxyl groups is 6. The van der Waals surface area contributed by atoms with Gasteiger partial charge in [-0.2, -0.15) is 0 Å². The van der Waals surface area contributed by atoms with Gasteiger partial charge < -0.3 is 40.1 Å². The number of hydrogen-bond acceptors (Lipinski definition) is 10. The monoisotopic (exact) mass is 648 g/mol. The van der Waals surface area contributed by atoms with Crippen LogP contribution in [0.2, 0.25) is 0 Å². The fraction of sp³-hybridized carbons (Fsp3) is 0.889. The number of aliphatic hydroxyl groups excluding tert-OH is 5. The van der Waals surface area contributed by atoms with Crippen LogP contribution in [-0.4, -0.2) is 91.4 Å². The molecule has 4 saturated carbocycles. The van der Waals surface area contributed by atoms with E-state index in [-0.39, 0.29) is 39.8 Å². The van der Waals surface area contributed by atoms with Crippen molar-refractivity contribution in [2.45, 2.75) is 142 Å². The van der Waals surface area contributed by atoms with Crippen molar-refractivity contribution in [3.05, 3.63) is 11.6 Å². The summed E-state index contributed by atoms with van der Waals surface area (Å²) in [4.78, 5) is 27.6. The summed E-state index contributed by atoms with van der Waals surface area (Å²) in [6, 6.07) is 0. The lowest BCUT2D eigenvalue weighted by Gasteiger charge is -2.71. The summed E-state index contributed by atoms with van der Waals surface area (Å²) in [6.45, 7) is 14.1. The lowest BCUT2D eigenvalue weighted by Crippen LogP contribution is -2.68. The highest BCUT2D eigenvalue weighted by Crippen LogP contribution is 2.76. The van der Waals surface area contributed by atoms with Crippen LogP contribution in [0, 0.1) is 50.7 Å². The maximum atomic E-state index is 14.4. The molecular formula is C36H56O10. The molecule has 0 unspecified atom stereocenters. The summed E-state index contributed by atoms with van der Waals surface area (Å²) < 4.78 is 11.4. The molecule has 260 valence electrons. The van der Waals surface area contributed by atoms with Crippen LogP contribution in [0.5, 0.6) is 0 Å². The van der Waals surface area contributed by atoms with Gasteiger partial charge in [0.05, 0.1) is 17.6 Å². The molecule has 5 fully saturated rings. The highest BCUT2D eigenvalue weighted by atomic mass is 16.7. The van der Waals surface area contributed by atoms with E-state index in [4.69, 9.17) is 9.47 Å². The molecule has 0 bridgehead atoms. The maximum Gasteiger partial charge on any atom is 0.315 e. The summed E-state index contributed by atoms with van der Waals surface area (Å²) in [6.07, 6.45) is -1.40. The standard InChI is InChI=1S/C36H56O10/c1-18-10-13-36(30(43)46-29-26(41)25(40)24(39)21(17-37)45-29)15-14-33(5)19(27(36)35(18,7)44)8-9-23-32(4)16-20(38)28(42)31(2,3)22(32)11-12-34(23,33)6/h8,18,20-27,29,37-41,44H,9-17H2,1-7H3/t18-,20+,21-,22+,23-,24-,25+,26-,27-,29+,32+,33-,34-,35-,36+/m1/s1. The summed E-state index contributed by atoms with van der Waals surface area (Å²) >= 11 is 0. The maximum absolute atomic E-state index is 14.4. The van der Waals surface area contributed by atoms with Gasteiger partial charge in [-0.1, -0.05) is 53.2 Å². The van der Waals surface area contributed by atoms with Crippen molar-refractivity contribution >= 4 is 11.8 Å². The van der Waals surface area contributed by atoms with Crippen LogP contribution >= 0.6 is 0 Å². The fourth-order valence-corrected chi connectivity index (χ4v) is 12.2. The van der Waals surface area contributed by atoms with Crippen molar-refractivity contribution in [3.63, 3.8) is 0 Å². The number of fused-ring (bicyclic) bond motifs is 7. The molecule has 6 N–H and O–H groups in total. The third kappa shape index (κ3) is 4.32. The number of rotatable bonds is 3. The molecule has 0 aromatic rings. The number of ether oxygens (including phenoxy) is 2. The Bertz CT molecular complexity index is 1290. The van der Waals surface area contributed by atoms with E-state index in [2.05, 4.69) is 26.8 Å². The van der Waals surface area contributed by atoms with Crippen molar-refractivity contribution < 1.29 is 49.7 Å². The second-order valence-electron chi connectivity index (χ2n) is 17.5. The first-order valence-electron chi connectivity index (χ1n) is 17.4. The van der Waals surface area contributed by atoms with Gasteiger partial charge in [0.2, 0.25) is 6.29 Å². The minimum atomic E-state index is -1.71. The van der Waals surface area contributed by atoms with Gasteiger partial charge in [0.15, 0.2) is 5.78 Å². The fourth-order valence-electron chi connectivity index (χ4n) is 12.2. The molecule has 0 spiro atoms. The highest BCUT2D eigenvalue weighted by Gasteiger charge is 2.72. The summed E-state index contributed by atoms with van der Waals surface area (Å²) in [7, 11) is 0. The minimum absolute atomic E-state index is 0.0653. The van der Waals surface area contributed by atoms with Crippen molar-refractivity contribution in [1.29, 1.82) is 0 Å². The van der Waals surface area contributed by atoms with Crippen LogP contribution in [-0.2, 0) is 19.1 Å². The van der Waals surface area contributed by atoms with E-state index < -0.39 is 71.7 Å². The predicted octanol–water partition coefficient (Wildman–Crippen LogP) is 2.64. The topological polar surface area (TPSA) is 174 Å². The normalized spacial score (nSPS) is 54.8. The predicted molar refractivity (Wildman–Crippen MR) is 167 cm³/mol. The minimum Gasteiger partial charge on any atom is -0.432 e. The second kappa shape index (κ2) is 10.8. The molecule has 1 aliphatic heterocycles. The average Bonchev–Trinajstić information content (AvgIpc) is 2.98. The van der Waals surface area contributed by atoms with Crippen molar-refractivity contribution in [2.24, 2.45) is 50.7 Å². The van der Waals surface area contributed by atoms with E-state index in [0.717, 1.165) is 18.4 Å². The summed E-state index contributed by atoms with van der Waals surface area (Å²) in [5, 5.41) is 64.4. The van der Waals surface area contributed by atoms with Gasteiger partial charge in [-0.25, -0.2) is 0 Å². The highest BCUT2D eigenvalue weighted by molar-refractivity contribution is 5.89. The van der Waals surface area contributed by atoms with Crippen LogP contribution in [0.25, 0.3) is 0 Å². The molecule has 1 saturated heterocycles. The van der Waals surface area contributed by atoms with Crippen LogP contribution in [0.15, 0.2) is 11.6 Å². The quantitative estimate of drug-likeness (QED) is 0.197. The number of hydrogen-bond donors (Lipinski definition) is 6. The number of esters is 1. The Labute approximate surface area is 272 Å². The zero-order valence-corrected chi connectivity index (χ0v) is 28.5. The van der Waals surface area contributed by atoms with Gasteiger partial charge in [-0.05, 0) is 92.3 Å². The average molecular weight is 649 g/mol. The van der Waals surface area contributed by atoms with Crippen molar-refractivity contribution in [1.82, 2.24) is 0 Å². The van der Waals surface area contributed by atoms with E-state index in [1.54, 1.807) is 0 Å². The molecule has 0 radical (unpaired) electrons. The van der Waals surface area contributed by atoms with Gasteiger partial charge in [-0.3, -0.25) is 9.59 Å². The number of ketones is 1. The first-order chi connectivity index (χ1) is 21.2. The molecule has 0 aromatic heterocycles. The Morgan fingerprint density at radius 2 is 1.61 bits per heavy atom. The molecule has 15 atom stereocenters. The molecule has 0 amide bonds. The van der Waals surface area contributed by atoms with Crippen LogP contribution in [0.3, 0.4) is 0 Å². The Balaban J connectivity index is 1.40. The molecule has 10 nitrogen and oxygen atoms in total. The Hall–Kier alpha value is -1.40. The lowest BCUT2D eigenvalue weighted by molar-refractivity contribution is -0.299. The smallest absolute Gasteiger partial charge is 0.315 e. The molecular weight excluding hydrogens is 592 g/mol. The number of allylic oxidation sites excluding steroid dienone is 1. The zero-order valence-electron chi connectivity index (χ0n) is 28.5. The first kappa shape index (κ1) is 34.5. The van der Waals surface area contributed by atoms with E-state index >= 15 is 0 Å². The molecule has 1 heterocycles. The van der Waals surface area contributed by atoms with Crippen molar-refractivity contribution in [3.8, 4) is 0 Å². The van der Waals surface area contributed by atoms with Gasteiger partial charge in [-0.15, -0.1) is 0 Å². The van der Waals surface area contributed by atoms with Crippen LogP contribution in [0.4, 0.5) is 0 Å². The molecule has 46 heavy (non-hydrogen) atoms. The number of Topliss-reactive ketones (excluding diaryl/α,β-unsaturated/α-hetero) is 1. The van der Waals surface area contributed by atoms with E-state index in [0.29, 0.717) is 38.5 Å². The Morgan fingerprint density at radius 1 is 0.935 bits per heavy atom. The molecule has 6 aliphatic rings. The molecule has 5 aliphatic carbocycles. The number of carbonyl (C=O) groups is 2.